The summed E-state index contributed by atoms with van der Waals surface area (Å²) in [6, 6.07) is 0. The molecule has 0 bridgehead atoms. The quantitative estimate of drug-likeness (QED) is 0.787. The fourth-order valence-corrected chi connectivity index (χ4v) is 1.68. The number of halogens is 1. The molecule has 104 valence electrons. The summed E-state index contributed by atoms with van der Waals surface area (Å²) in [4.78, 5) is 4.36. The molecule has 6 nitrogen and oxygen atoms in total. The lowest BCUT2D eigenvalue weighted by atomic mass is 9.97. The molecule has 19 heavy (non-hydrogen) atoms. The molecule has 0 aliphatic heterocycles. The molecule has 0 unspecified atom stereocenters. The van der Waals surface area contributed by atoms with Crippen LogP contribution in [0.3, 0.4) is 0 Å². The summed E-state index contributed by atoms with van der Waals surface area (Å²) >= 11 is 5.65. The van der Waals surface area contributed by atoms with Gasteiger partial charge in [0.05, 0.1) is 5.69 Å². The first-order chi connectivity index (χ1) is 8.99. The monoisotopic (exact) mass is 283 g/mol. The van der Waals surface area contributed by atoms with Crippen molar-refractivity contribution in [2.75, 3.05) is 5.88 Å². The second kappa shape index (κ2) is 5.69. The molecule has 0 aromatic carbocycles. The van der Waals surface area contributed by atoms with Crippen molar-refractivity contribution in [2.45, 2.75) is 45.6 Å². The lowest BCUT2D eigenvalue weighted by Crippen LogP contribution is -2.12. The molecule has 0 fully saturated rings. The second-order valence-corrected chi connectivity index (χ2v) is 5.84. The molecule has 2 heterocycles. The number of aromatic nitrogens is 5. The molecule has 0 saturated carbocycles. The molecule has 0 amide bonds. The second-order valence-electron chi connectivity index (χ2n) is 5.47. The van der Waals surface area contributed by atoms with Crippen molar-refractivity contribution in [1.82, 2.24) is 25.1 Å². The molecule has 0 N–H and O–H groups in total. The van der Waals surface area contributed by atoms with Crippen LogP contribution >= 0.6 is 11.6 Å². The topological polar surface area (TPSA) is 69.6 Å². The van der Waals surface area contributed by atoms with Gasteiger partial charge in [-0.05, 0) is 12.8 Å². The first kappa shape index (κ1) is 14.0. The number of hydrogen-bond donors (Lipinski definition) is 0. The van der Waals surface area contributed by atoms with Crippen molar-refractivity contribution in [3.05, 3.63) is 23.6 Å². The zero-order chi connectivity index (χ0) is 13.9. The minimum Gasteiger partial charge on any atom is -0.339 e. The first-order valence-electron chi connectivity index (χ1n) is 6.27. The number of nitrogens with zero attached hydrogens (tertiary/aromatic N) is 5. The smallest absolute Gasteiger partial charge is 0.232 e. The molecule has 2 aromatic heterocycles. The zero-order valence-electron chi connectivity index (χ0n) is 11.4. The lowest BCUT2D eigenvalue weighted by molar-refractivity contribution is 0.317. The van der Waals surface area contributed by atoms with Gasteiger partial charge >= 0.3 is 0 Å². The maximum atomic E-state index is 5.65. The Morgan fingerprint density at radius 1 is 1.37 bits per heavy atom. The SMILES string of the molecule is CC(C)(C)c1nc(Cn2cc(CCCCl)nn2)no1. The van der Waals surface area contributed by atoms with Crippen LogP contribution in [0.5, 0.6) is 0 Å². The zero-order valence-corrected chi connectivity index (χ0v) is 12.2. The van der Waals surface area contributed by atoms with Gasteiger partial charge in [0.2, 0.25) is 5.89 Å². The molecule has 7 heteroatoms. The summed E-state index contributed by atoms with van der Waals surface area (Å²) < 4.78 is 6.94. The maximum absolute atomic E-state index is 5.65. The van der Waals surface area contributed by atoms with E-state index in [1.54, 1.807) is 4.68 Å². The van der Waals surface area contributed by atoms with E-state index in [-0.39, 0.29) is 5.41 Å². The van der Waals surface area contributed by atoms with E-state index >= 15 is 0 Å². The molecule has 0 radical (unpaired) electrons. The van der Waals surface area contributed by atoms with Gasteiger partial charge in [-0.15, -0.1) is 16.7 Å². The van der Waals surface area contributed by atoms with E-state index in [0.29, 0.717) is 24.1 Å². The Bertz CT molecular complexity index is 528. The van der Waals surface area contributed by atoms with Gasteiger partial charge in [0.15, 0.2) is 5.82 Å². The van der Waals surface area contributed by atoms with Crippen LogP contribution < -0.4 is 0 Å². The standard InChI is InChI=1S/C12H18ClN5O/c1-12(2,3)11-14-10(16-19-11)8-18-7-9(15-17-18)5-4-6-13/h7H,4-6,8H2,1-3H3. The summed E-state index contributed by atoms with van der Waals surface area (Å²) in [5.74, 6) is 1.87. The van der Waals surface area contributed by atoms with E-state index in [9.17, 15) is 0 Å². The van der Waals surface area contributed by atoms with E-state index < -0.39 is 0 Å². The molecule has 0 saturated heterocycles. The van der Waals surface area contributed by atoms with Gasteiger partial charge in [0.25, 0.3) is 0 Å². The van der Waals surface area contributed by atoms with Crippen molar-refractivity contribution in [1.29, 1.82) is 0 Å². The Morgan fingerprint density at radius 2 is 2.16 bits per heavy atom. The van der Waals surface area contributed by atoms with Crippen molar-refractivity contribution in [2.24, 2.45) is 0 Å². The normalized spacial score (nSPS) is 12.0. The van der Waals surface area contributed by atoms with E-state index in [4.69, 9.17) is 16.1 Å². The van der Waals surface area contributed by atoms with Gasteiger partial charge in [-0.2, -0.15) is 4.98 Å². The molecule has 2 aromatic rings. The third-order valence-corrected chi connectivity index (χ3v) is 2.83. The van der Waals surface area contributed by atoms with Crippen LogP contribution in [-0.4, -0.2) is 31.0 Å². The summed E-state index contributed by atoms with van der Waals surface area (Å²) in [7, 11) is 0. The molecule has 2 rings (SSSR count). The Labute approximate surface area is 117 Å². The van der Waals surface area contributed by atoms with Crippen molar-refractivity contribution in [3.8, 4) is 0 Å². The maximum Gasteiger partial charge on any atom is 0.232 e. The Kier molecular flexibility index (Phi) is 4.19. The Balaban J connectivity index is 2.01. The Morgan fingerprint density at radius 3 is 2.79 bits per heavy atom. The number of aryl methyl sites for hydroxylation is 1. The highest BCUT2D eigenvalue weighted by Gasteiger charge is 2.21. The van der Waals surface area contributed by atoms with E-state index in [1.165, 1.54) is 0 Å². The van der Waals surface area contributed by atoms with Crippen LogP contribution in [0.4, 0.5) is 0 Å². The number of rotatable bonds is 5. The van der Waals surface area contributed by atoms with Gasteiger partial charge in [-0.1, -0.05) is 31.1 Å². The minimum absolute atomic E-state index is 0.140. The van der Waals surface area contributed by atoms with Gasteiger partial charge in [-0.3, -0.25) is 0 Å². The predicted molar refractivity (Wildman–Crippen MR) is 71.2 cm³/mol. The van der Waals surface area contributed by atoms with Crippen molar-refractivity contribution in [3.63, 3.8) is 0 Å². The van der Waals surface area contributed by atoms with Crippen LogP contribution in [0.1, 0.15) is 44.6 Å². The van der Waals surface area contributed by atoms with Crippen LogP contribution in [-0.2, 0) is 18.4 Å². The van der Waals surface area contributed by atoms with Crippen molar-refractivity contribution >= 4 is 11.6 Å². The summed E-state index contributed by atoms with van der Waals surface area (Å²) in [6.45, 7) is 6.56. The largest absolute Gasteiger partial charge is 0.339 e. The fraction of sp³-hybridized carbons (Fsp3) is 0.667. The molecule has 0 spiro atoms. The van der Waals surface area contributed by atoms with Crippen LogP contribution in [0.15, 0.2) is 10.7 Å². The van der Waals surface area contributed by atoms with Crippen LogP contribution in [0, 0.1) is 0 Å². The summed E-state index contributed by atoms with van der Waals surface area (Å²) in [5.41, 5.74) is 0.791. The minimum atomic E-state index is -0.140. The van der Waals surface area contributed by atoms with E-state index in [1.807, 2.05) is 27.0 Å². The molecule has 0 atom stereocenters. The fourth-order valence-electron chi connectivity index (χ4n) is 1.55. The summed E-state index contributed by atoms with van der Waals surface area (Å²) in [6.07, 6.45) is 3.62. The van der Waals surface area contributed by atoms with E-state index in [2.05, 4.69) is 20.5 Å². The number of alkyl halides is 1. The van der Waals surface area contributed by atoms with Gasteiger partial charge in [0.1, 0.15) is 6.54 Å². The first-order valence-corrected chi connectivity index (χ1v) is 6.80. The highest BCUT2D eigenvalue weighted by atomic mass is 35.5. The number of hydrogen-bond acceptors (Lipinski definition) is 5. The Hall–Kier alpha value is -1.43. The average molecular weight is 284 g/mol. The van der Waals surface area contributed by atoms with Gasteiger partial charge in [-0.25, -0.2) is 4.68 Å². The predicted octanol–water partition coefficient (Wildman–Crippen LogP) is 2.18. The highest BCUT2D eigenvalue weighted by Crippen LogP contribution is 2.19. The molecular weight excluding hydrogens is 266 g/mol. The van der Waals surface area contributed by atoms with Crippen molar-refractivity contribution < 1.29 is 4.52 Å². The van der Waals surface area contributed by atoms with Crippen LogP contribution in [0.2, 0.25) is 0 Å². The van der Waals surface area contributed by atoms with Crippen LogP contribution in [0.25, 0.3) is 0 Å². The molecule has 0 aliphatic rings. The van der Waals surface area contributed by atoms with E-state index in [0.717, 1.165) is 18.5 Å². The summed E-state index contributed by atoms with van der Waals surface area (Å²) in [5, 5.41) is 12.1. The average Bonchev–Trinajstić information content (AvgIpc) is 2.95. The third kappa shape index (κ3) is 3.76. The van der Waals surface area contributed by atoms with Gasteiger partial charge in [0, 0.05) is 17.5 Å². The third-order valence-electron chi connectivity index (χ3n) is 2.57. The highest BCUT2D eigenvalue weighted by molar-refractivity contribution is 6.17. The lowest BCUT2D eigenvalue weighted by Gasteiger charge is -2.10. The van der Waals surface area contributed by atoms with Gasteiger partial charge < -0.3 is 4.52 Å². The molecular formula is C12H18ClN5O. The molecule has 0 aliphatic carbocycles.